The SMILES string of the molecule is CC1(CO)CCCC1NCC1CC=CCC1. The average Bonchev–Trinajstić information content (AvgIpc) is 2.70. The van der Waals surface area contributed by atoms with E-state index in [4.69, 9.17) is 0 Å². The van der Waals surface area contributed by atoms with Gasteiger partial charge in [0.15, 0.2) is 0 Å². The molecule has 92 valence electrons. The zero-order chi connectivity index (χ0) is 11.4. The van der Waals surface area contributed by atoms with E-state index in [1.165, 1.54) is 38.5 Å². The molecule has 0 bridgehead atoms. The summed E-state index contributed by atoms with van der Waals surface area (Å²) < 4.78 is 0. The highest BCUT2D eigenvalue weighted by Gasteiger charge is 2.37. The van der Waals surface area contributed by atoms with E-state index in [1.807, 2.05) is 0 Å². The maximum absolute atomic E-state index is 9.48. The topological polar surface area (TPSA) is 32.3 Å². The maximum Gasteiger partial charge on any atom is 0.0499 e. The van der Waals surface area contributed by atoms with Crippen LogP contribution >= 0.6 is 0 Å². The first-order valence-electron chi connectivity index (χ1n) is 6.74. The van der Waals surface area contributed by atoms with Crippen LogP contribution in [0, 0.1) is 11.3 Å². The van der Waals surface area contributed by atoms with Gasteiger partial charge in [0.2, 0.25) is 0 Å². The normalized spacial score (nSPS) is 39.1. The summed E-state index contributed by atoms with van der Waals surface area (Å²) in [6, 6.07) is 0.531. The molecular formula is C14H25NO. The van der Waals surface area contributed by atoms with E-state index in [-0.39, 0.29) is 5.41 Å². The van der Waals surface area contributed by atoms with Crippen molar-refractivity contribution < 1.29 is 5.11 Å². The average molecular weight is 223 g/mol. The summed E-state index contributed by atoms with van der Waals surface area (Å²) in [7, 11) is 0. The number of nitrogens with one attached hydrogen (secondary N) is 1. The number of aliphatic hydroxyl groups excluding tert-OH is 1. The van der Waals surface area contributed by atoms with Crippen molar-refractivity contribution in [2.75, 3.05) is 13.2 Å². The lowest BCUT2D eigenvalue weighted by molar-refractivity contribution is 0.116. The number of aliphatic hydroxyl groups is 1. The smallest absolute Gasteiger partial charge is 0.0499 e. The molecule has 3 unspecified atom stereocenters. The van der Waals surface area contributed by atoms with Crippen LogP contribution in [0.3, 0.4) is 0 Å². The van der Waals surface area contributed by atoms with Crippen molar-refractivity contribution in [2.45, 2.75) is 51.5 Å². The number of hydrogen-bond acceptors (Lipinski definition) is 2. The van der Waals surface area contributed by atoms with E-state index in [1.54, 1.807) is 0 Å². The summed E-state index contributed by atoms with van der Waals surface area (Å²) in [6.07, 6.45) is 12.1. The van der Waals surface area contributed by atoms with Crippen LogP contribution in [0.15, 0.2) is 12.2 Å². The van der Waals surface area contributed by atoms with Crippen molar-refractivity contribution in [1.29, 1.82) is 0 Å². The Kier molecular flexibility index (Phi) is 4.04. The molecule has 2 aliphatic rings. The summed E-state index contributed by atoms with van der Waals surface area (Å²) in [5, 5.41) is 13.2. The highest BCUT2D eigenvalue weighted by atomic mass is 16.3. The van der Waals surface area contributed by atoms with Crippen LogP contribution in [0.25, 0.3) is 0 Å². The zero-order valence-electron chi connectivity index (χ0n) is 10.4. The van der Waals surface area contributed by atoms with Gasteiger partial charge in [-0.3, -0.25) is 0 Å². The van der Waals surface area contributed by atoms with Gasteiger partial charge in [0.1, 0.15) is 0 Å². The molecule has 2 aliphatic carbocycles. The highest BCUT2D eigenvalue weighted by Crippen LogP contribution is 2.37. The molecule has 0 saturated heterocycles. The Morgan fingerprint density at radius 2 is 2.25 bits per heavy atom. The molecule has 0 aromatic carbocycles. The van der Waals surface area contributed by atoms with Crippen molar-refractivity contribution in [3.8, 4) is 0 Å². The molecular weight excluding hydrogens is 198 g/mol. The number of hydrogen-bond donors (Lipinski definition) is 2. The summed E-state index contributed by atoms with van der Waals surface area (Å²) >= 11 is 0. The van der Waals surface area contributed by atoms with Gasteiger partial charge >= 0.3 is 0 Å². The van der Waals surface area contributed by atoms with Gasteiger partial charge in [-0.25, -0.2) is 0 Å². The van der Waals surface area contributed by atoms with Crippen LogP contribution in [-0.2, 0) is 0 Å². The second-order valence-electron chi connectivity index (χ2n) is 5.82. The van der Waals surface area contributed by atoms with Crippen LogP contribution in [-0.4, -0.2) is 24.3 Å². The van der Waals surface area contributed by atoms with Gasteiger partial charge in [0.25, 0.3) is 0 Å². The second kappa shape index (κ2) is 5.33. The third-order valence-corrected chi connectivity index (χ3v) is 4.47. The molecule has 1 fully saturated rings. The summed E-state index contributed by atoms with van der Waals surface area (Å²) in [6.45, 7) is 3.68. The van der Waals surface area contributed by atoms with Crippen LogP contribution < -0.4 is 5.32 Å². The monoisotopic (exact) mass is 223 g/mol. The summed E-state index contributed by atoms with van der Waals surface area (Å²) in [4.78, 5) is 0. The molecule has 2 N–H and O–H groups in total. The van der Waals surface area contributed by atoms with E-state index in [9.17, 15) is 5.11 Å². The molecule has 0 aliphatic heterocycles. The largest absolute Gasteiger partial charge is 0.396 e. The fourth-order valence-corrected chi connectivity index (χ4v) is 3.12. The molecule has 0 aromatic rings. The van der Waals surface area contributed by atoms with Crippen molar-refractivity contribution in [1.82, 2.24) is 5.32 Å². The van der Waals surface area contributed by atoms with Gasteiger partial charge in [0.05, 0.1) is 0 Å². The molecule has 0 heterocycles. The number of allylic oxidation sites excluding steroid dienone is 2. The van der Waals surface area contributed by atoms with E-state index in [0.29, 0.717) is 12.6 Å². The van der Waals surface area contributed by atoms with Gasteiger partial charge in [-0.2, -0.15) is 0 Å². The molecule has 2 nitrogen and oxygen atoms in total. The van der Waals surface area contributed by atoms with Gasteiger partial charge < -0.3 is 10.4 Å². The van der Waals surface area contributed by atoms with Crippen LogP contribution in [0.4, 0.5) is 0 Å². The Balaban J connectivity index is 1.78. The molecule has 3 atom stereocenters. The summed E-state index contributed by atoms with van der Waals surface area (Å²) in [5.41, 5.74) is 0.129. The van der Waals surface area contributed by atoms with E-state index < -0.39 is 0 Å². The Hall–Kier alpha value is -0.340. The van der Waals surface area contributed by atoms with Crippen LogP contribution in [0.5, 0.6) is 0 Å². The van der Waals surface area contributed by atoms with Crippen LogP contribution in [0.2, 0.25) is 0 Å². The molecule has 0 amide bonds. The van der Waals surface area contributed by atoms with Crippen molar-refractivity contribution in [2.24, 2.45) is 11.3 Å². The summed E-state index contributed by atoms with van der Waals surface area (Å²) in [5.74, 6) is 0.813. The maximum atomic E-state index is 9.48. The lowest BCUT2D eigenvalue weighted by atomic mass is 9.85. The minimum Gasteiger partial charge on any atom is -0.396 e. The van der Waals surface area contributed by atoms with Crippen LogP contribution in [0.1, 0.15) is 45.4 Å². The van der Waals surface area contributed by atoms with E-state index >= 15 is 0 Å². The Bertz CT molecular complexity index is 251. The standard InChI is InChI=1S/C14H25NO/c1-14(11-16)9-5-8-13(14)15-10-12-6-3-2-4-7-12/h2-3,12-13,15-16H,4-11H2,1H3. The van der Waals surface area contributed by atoms with Gasteiger partial charge in [0, 0.05) is 18.1 Å². The second-order valence-corrected chi connectivity index (χ2v) is 5.82. The molecule has 2 rings (SSSR count). The number of rotatable bonds is 4. The lowest BCUT2D eigenvalue weighted by Crippen LogP contribution is -2.43. The first kappa shape index (κ1) is 12.1. The van der Waals surface area contributed by atoms with Gasteiger partial charge in [-0.1, -0.05) is 25.5 Å². The first-order valence-corrected chi connectivity index (χ1v) is 6.74. The quantitative estimate of drug-likeness (QED) is 0.718. The third-order valence-electron chi connectivity index (χ3n) is 4.47. The Morgan fingerprint density at radius 3 is 2.94 bits per heavy atom. The Labute approximate surface area is 99.1 Å². The lowest BCUT2D eigenvalue weighted by Gasteiger charge is -2.32. The van der Waals surface area contributed by atoms with Gasteiger partial charge in [-0.05, 0) is 44.6 Å². The predicted molar refractivity (Wildman–Crippen MR) is 67.3 cm³/mol. The van der Waals surface area contributed by atoms with Crippen molar-refractivity contribution >= 4 is 0 Å². The zero-order valence-corrected chi connectivity index (χ0v) is 10.4. The van der Waals surface area contributed by atoms with E-state index in [2.05, 4.69) is 24.4 Å². The molecule has 2 heteroatoms. The molecule has 0 radical (unpaired) electrons. The Morgan fingerprint density at radius 1 is 1.38 bits per heavy atom. The third kappa shape index (κ3) is 2.67. The minimum atomic E-state index is 0.129. The minimum absolute atomic E-state index is 0.129. The predicted octanol–water partition coefficient (Wildman–Crippen LogP) is 2.48. The van der Waals surface area contributed by atoms with Gasteiger partial charge in [-0.15, -0.1) is 0 Å². The van der Waals surface area contributed by atoms with E-state index in [0.717, 1.165) is 12.5 Å². The fourth-order valence-electron chi connectivity index (χ4n) is 3.12. The molecule has 1 saturated carbocycles. The molecule has 0 aromatic heterocycles. The van der Waals surface area contributed by atoms with Crippen molar-refractivity contribution in [3.05, 3.63) is 12.2 Å². The highest BCUT2D eigenvalue weighted by molar-refractivity contribution is 4.95. The fraction of sp³-hybridized carbons (Fsp3) is 0.857. The van der Waals surface area contributed by atoms with Crippen molar-refractivity contribution in [3.63, 3.8) is 0 Å². The first-order chi connectivity index (χ1) is 7.74. The molecule has 16 heavy (non-hydrogen) atoms. The molecule has 0 spiro atoms.